The second kappa shape index (κ2) is 4.14. The number of hydrogen-bond acceptors (Lipinski definition) is 5. The summed E-state index contributed by atoms with van der Waals surface area (Å²) >= 11 is 1.58. The molecule has 1 aliphatic carbocycles. The minimum atomic E-state index is 0.245. The molecule has 1 saturated carbocycles. The Balaban J connectivity index is 1.95. The molecule has 76 valence electrons. The van der Waals surface area contributed by atoms with Gasteiger partial charge < -0.3 is 10.5 Å². The van der Waals surface area contributed by atoms with Gasteiger partial charge >= 0.3 is 0 Å². The van der Waals surface area contributed by atoms with E-state index in [1.165, 1.54) is 6.33 Å². The van der Waals surface area contributed by atoms with Crippen molar-refractivity contribution < 1.29 is 4.74 Å². The lowest BCUT2D eigenvalue weighted by Gasteiger charge is -2.31. The van der Waals surface area contributed by atoms with E-state index in [0.717, 1.165) is 17.9 Å². The summed E-state index contributed by atoms with van der Waals surface area (Å²) in [7, 11) is 0. The number of aromatic nitrogens is 2. The van der Waals surface area contributed by atoms with Gasteiger partial charge in [0.1, 0.15) is 17.5 Å². The predicted octanol–water partition coefficient (Wildman–Crippen LogP) is 1.07. The third-order valence-corrected chi connectivity index (χ3v) is 2.89. The Morgan fingerprint density at radius 3 is 2.93 bits per heavy atom. The molecule has 0 aromatic carbocycles. The number of thioether (sulfide) groups is 1. The normalized spacial score (nSPS) is 25.6. The number of rotatable bonds is 3. The molecule has 1 aromatic heterocycles. The van der Waals surface area contributed by atoms with Crippen LogP contribution in [0.15, 0.2) is 17.4 Å². The molecule has 0 unspecified atom stereocenters. The van der Waals surface area contributed by atoms with Crippen LogP contribution in [0.5, 0.6) is 5.88 Å². The molecule has 2 N–H and O–H groups in total. The molecule has 1 fully saturated rings. The van der Waals surface area contributed by atoms with E-state index >= 15 is 0 Å². The second-order valence-corrected chi connectivity index (χ2v) is 4.20. The van der Waals surface area contributed by atoms with Crippen molar-refractivity contribution in [2.75, 3.05) is 6.26 Å². The summed E-state index contributed by atoms with van der Waals surface area (Å²) in [5, 5.41) is 0.929. The molecule has 4 nitrogen and oxygen atoms in total. The molecule has 14 heavy (non-hydrogen) atoms. The third kappa shape index (κ3) is 2.16. The van der Waals surface area contributed by atoms with Crippen molar-refractivity contribution in [3.8, 4) is 5.88 Å². The average molecular weight is 211 g/mol. The van der Waals surface area contributed by atoms with Crippen LogP contribution >= 0.6 is 11.8 Å². The molecule has 1 aromatic rings. The standard InChI is InChI=1S/C9H13N3OS/c1-14-9-4-8(11-5-12-9)13-7-2-6(10)3-7/h4-7H,2-3,10H2,1H3. The van der Waals surface area contributed by atoms with Gasteiger partial charge in [-0.2, -0.15) is 0 Å². The zero-order valence-electron chi connectivity index (χ0n) is 8.01. The van der Waals surface area contributed by atoms with Gasteiger partial charge in [0.05, 0.1) is 0 Å². The zero-order valence-corrected chi connectivity index (χ0v) is 8.83. The maximum Gasteiger partial charge on any atom is 0.217 e. The first kappa shape index (κ1) is 9.73. The van der Waals surface area contributed by atoms with Gasteiger partial charge in [-0.15, -0.1) is 11.8 Å². The number of hydrogen-bond donors (Lipinski definition) is 1. The van der Waals surface area contributed by atoms with Crippen molar-refractivity contribution in [2.45, 2.75) is 30.0 Å². The summed E-state index contributed by atoms with van der Waals surface area (Å²) in [6.07, 6.45) is 5.61. The quantitative estimate of drug-likeness (QED) is 0.598. The maximum absolute atomic E-state index is 5.66. The molecule has 0 atom stereocenters. The van der Waals surface area contributed by atoms with Crippen LogP contribution in [-0.2, 0) is 0 Å². The van der Waals surface area contributed by atoms with Gasteiger partial charge in [0, 0.05) is 12.1 Å². The van der Waals surface area contributed by atoms with E-state index in [-0.39, 0.29) is 6.10 Å². The highest BCUT2D eigenvalue weighted by Gasteiger charge is 2.27. The van der Waals surface area contributed by atoms with E-state index < -0.39 is 0 Å². The third-order valence-electron chi connectivity index (χ3n) is 2.24. The Labute approximate surface area is 87.3 Å². The fourth-order valence-electron chi connectivity index (χ4n) is 1.37. The highest BCUT2D eigenvalue weighted by atomic mass is 32.2. The molecule has 2 rings (SSSR count). The maximum atomic E-state index is 5.66. The summed E-state index contributed by atoms with van der Waals surface area (Å²) in [6.45, 7) is 0. The molecule has 0 saturated heterocycles. The first-order chi connectivity index (χ1) is 6.78. The Hall–Kier alpha value is -0.810. The summed E-state index contributed by atoms with van der Waals surface area (Å²) in [5.41, 5.74) is 5.66. The summed E-state index contributed by atoms with van der Waals surface area (Å²) in [4.78, 5) is 8.12. The van der Waals surface area contributed by atoms with Crippen molar-refractivity contribution in [1.29, 1.82) is 0 Å². The number of nitrogens with zero attached hydrogens (tertiary/aromatic N) is 2. The van der Waals surface area contributed by atoms with Crippen LogP contribution in [0, 0.1) is 0 Å². The first-order valence-corrected chi connectivity index (χ1v) is 5.78. The summed E-state index contributed by atoms with van der Waals surface area (Å²) in [6, 6.07) is 2.16. The van der Waals surface area contributed by atoms with Crippen molar-refractivity contribution >= 4 is 11.8 Å². The fraction of sp³-hybridized carbons (Fsp3) is 0.556. The van der Waals surface area contributed by atoms with E-state index in [0.29, 0.717) is 11.9 Å². The van der Waals surface area contributed by atoms with Crippen LogP contribution in [0.1, 0.15) is 12.8 Å². The largest absolute Gasteiger partial charge is 0.474 e. The topological polar surface area (TPSA) is 61.0 Å². The molecule has 5 heteroatoms. The van der Waals surface area contributed by atoms with Gasteiger partial charge in [0.2, 0.25) is 5.88 Å². The van der Waals surface area contributed by atoms with Crippen LogP contribution in [-0.4, -0.2) is 28.4 Å². The molecule has 0 radical (unpaired) electrons. The Morgan fingerprint density at radius 2 is 2.29 bits per heavy atom. The van der Waals surface area contributed by atoms with Crippen molar-refractivity contribution in [3.63, 3.8) is 0 Å². The van der Waals surface area contributed by atoms with Gasteiger partial charge in [-0.1, -0.05) is 0 Å². The van der Waals surface area contributed by atoms with E-state index in [1.54, 1.807) is 11.8 Å². The lowest BCUT2D eigenvalue weighted by molar-refractivity contribution is 0.0953. The second-order valence-electron chi connectivity index (χ2n) is 3.37. The van der Waals surface area contributed by atoms with Gasteiger partial charge in [-0.05, 0) is 19.1 Å². The van der Waals surface area contributed by atoms with Crippen LogP contribution < -0.4 is 10.5 Å². The van der Waals surface area contributed by atoms with Crippen molar-refractivity contribution in [2.24, 2.45) is 5.73 Å². The monoisotopic (exact) mass is 211 g/mol. The molecule has 0 aliphatic heterocycles. The minimum Gasteiger partial charge on any atom is -0.474 e. The lowest BCUT2D eigenvalue weighted by Crippen LogP contribution is -2.43. The molecule has 0 bridgehead atoms. The molecule has 0 amide bonds. The van der Waals surface area contributed by atoms with Crippen molar-refractivity contribution in [1.82, 2.24) is 9.97 Å². The molecular weight excluding hydrogens is 198 g/mol. The number of nitrogens with two attached hydrogens (primary N) is 1. The summed E-state index contributed by atoms with van der Waals surface area (Å²) < 4.78 is 5.62. The van der Waals surface area contributed by atoms with Crippen LogP contribution in [0.25, 0.3) is 0 Å². The molecule has 1 aliphatic rings. The Morgan fingerprint density at radius 1 is 1.50 bits per heavy atom. The lowest BCUT2D eigenvalue weighted by atomic mass is 9.90. The Bertz CT molecular complexity index is 315. The Kier molecular flexibility index (Phi) is 2.88. The zero-order chi connectivity index (χ0) is 9.97. The van der Waals surface area contributed by atoms with Gasteiger partial charge in [-0.3, -0.25) is 0 Å². The predicted molar refractivity (Wildman–Crippen MR) is 55.4 cm³/mol. The first-order valence-electron chi connectivity index (χ1n) is 4.56. The minimum absolute atomic E-state index is 0.245. The highest BCUT2D eigenvalue weighted by molar-refractivity contribution is 7.98. The van der Waals surface area contributed by atoms with Crippen LogP contribution in [0.4, 0.5) is 0 Å². The number of ether oxygens (including phenoxy) is 1. The molecular formula is C9H13N3OS. The smallest absolute Gasteiger partial charge is 0.217 e. The molecule has 0 spiro atoms. The van der Waals surface area contributed by atoms with Crippen molar-refractivity contribution in [3.05, 3.63) is 12.4 Å². The van der Waals surface area contributed by atoms with Crippen LogP contribution in [0.2, 0.25) is 0 Å². The van der Waals surface area contributed by atoms with E-state index in [2.05, 4.69) is 9.97 Å². The van der Waals surface area contributed by atoms with E-state index in [9.17, 15) is 0 Å². The van der Waals surface area contributed by atoms with Gasteiger partial charge in [-0.25, -0.2) is 9.97 Å². The fourth-order valence-corrected chi connectivity index (χ4v) is 1.74. The van der Waals surface area contributed by atoms with Gasteiger partial charge in [0.15, 0.2) is 0 Å². The summed E-state index contributed by atoms with van der Waals surface area (Å²) in [5.74, 6) is 0.654. The highest BCUT2D eigenvalue weighted by Crippen LogP contribution is 2.24. The van der Waals surface area contributed by atoms with E-state index in [4.69, 9.17) is 10.5 Å². The van der Waals surface area contributed by atoms with Gasteiger partial charge in [0.25, 0.3) is 0 Å². The SMILES string of the molecule is CSc1cc(OC2CC(N)C2)ncn1. The average Bonchev–Trinajstić information content (AvgIpc) is 2.16. The van der Waals surface area contributed by atoms with E-state index in [1.807, 2.05) is 12.3 Å². The molecule has 1 heterocycles. The van der Waals surface area contributed by atoms with Crippen LogP contribution in [0.3, 0.4) is 0 Å².